The summed E-state index contributed by atoms with van der Waals surface area (Å²) in [5.41, 5.74) is 0.844. The molecule has 0 atom stereocenters. The fourth-order valence-electron chi connectivity index (χ4n) is 1.68. The van der Waals surface area contributed by atoms with Crippen molar-refractivity contribution in [1.82, 2.24) is 0 Å². The molecule has 1 aromatic carbocycles. The number of aryl methyl sites for hydroxylation is 1. The highest BCUT2D eigenvalue weighted by molar-refractivity contribution is 5.72. The number of hydrogen-bond acceptors (Lipinski definition) is 2. The number of carbonyl (C=O) groups is 2. The summed E-state index contributed by atoms with van der Waals surface area (Å²) in [7, 11) is 0. The number of hydrogen-bond donors (Lipinski definition) is 2. The topological polar surface area (TPSA) is 74.6 Å². The van der Waals surface area contributed by atoms with Gasteiger partial charge in [0.1, 0.15) is 5.82 Å². The van der Waals surface area contributed by atoms with Gasteiger partial charge >= 0.3 is 11.9 Å². The van der Waals surface area contributed by atoms with Crippen molar-refractivity contribution in [1.29, 1.82) is 0 Å². The Balaban J connectivity index is 3.02. The molecule has 0 heterocycles. The first-order valence-electron chi connectivity index (χ1n) is 5.09. The highest BCUT2D eigenvalue weighted by Gasteiger charge is 2.21. The van der Waals surface area contributed by atoms with Gasteiger partial charge in [0.25, 0.3) is 0 Å². The zero-order chi connectivity index (χ0) is 13.0. The van der Waals surface area contributed by atoms with E-state index in [0.29, 0.717) is 5.56 Å². The molecule has 2 N–H and O–H groups in total. The van der Waals surface area contributed by atoms with Crippen LogP contribution in [0.5, 0.6) is 0 Å². The average Bonchev–Trinajstić information content (AvgIpc) is 2.14. The van der Waals surface area contributed by atoms with Crippen LogP contribution in [-0.4, -0.2) is 22.2 Å². The SMILES string of the molecule is Cc1ccc(C(CC(=O)O)CC(=O)O)c(F)c1. The largest absolute Gasteiger partial charge is 0.481 e. The Kier molecular flexibility index (Phi) is 4.20. The molecule has 0 radical (unpaired) electrons. The Bertz CT molecular complexity index is 426. The first-order chi connectivity index (χ1) is 7.90. The lowest BCUT2D eigenvalue weighted by Gasteiger charge is -2.14. The molecule has 92 valence electrons. The number of carboxylic acids is 2. The second-order valence-corrected chi connectivity index (χ2v) is 3.92. The van der Waals surface area contributed by atoms with Crippen LogP contribution in [0.25, 0.3) is 0 Å². The van der Waals surface area contributed by atoms with Gasteiger partial charge in [0, 0.05) is 5.92 Å². The van der Waals surface area contributed by atoms with Crippen molar-refractivity contribution < 1.29 is 24.2 Å². The molecule has 17 heavy (non-hydrogen) atoms. The molecule has 0 fully saturated rings. The molecule has 0 amide bonds. The Morgan fingerprint density at radius 1 is 1.24 bits per heavy atom. The van der Waals surface area contributed by atoms with E-state index >= 15 is 0 Å². The van der Waals surface area contributed by atoms with Gasteiger partial charge in [-0.15, -0.1) is 0 Å². The predicted molar refractivity (Wildman–Crippen MR) is 58.4 cm³/mol. The van der Waals surface area contributed by atoms with Crippen LogP contribution in [0.1, 0.15) is 29.9 Å². The second-order valence-electron chi connectivity index (χ2n) is 3.92. The maximum absolute atomic E-state index is 13.6. The average molecular weight is 240 g/mol. The fraction of sp³-hybridized carbons (Fsp3) is 0.333. The monoisotopic (exact) mass is 240 g/mol. The molecule has 0 unspecified atom stereocenters. The van der Waals surface area contributed by atoms with Crippen LogP contribution in [0, 0.1) is 12.7 Å². The molecule has 0 aliphatic heterocycles. The minimum absolute atomic E-state index is 0.139. The number of benzene rings is 1. The van der Waals surface area contributed by atoms with E-state index < -0.39 is 36.5 Å². The molecule has 0 spiro atoms. The van der Waals surface area contributed by atoms with Crippen LogP contribution in [-0.2, 0) is 9.59 Å². The molecular weight excluding hydrogens is 227 g/mol. The number of halogens is 1. The summed E-state index contributed by atoms with van der Waals surface area (Å²) in [5, 5.41) is 17.4. The summed E-state index contributed by atoms with van der Waals surface area (Å²) in [6.45, 7) is 1.70. The number of carboxylic acid groups (broad SMARTS) is 2. The van der Waals surface area contributed by atoms with Gasteiger partial charge in [-0.3, -0.25) is 9.59 Å². The molecule has 5 heteroatoms. The predicted octanol–water partition coefficient (Wildman–Crippen LogP) is 2.17. The van der Waals surface area contributed by atoms with E-state index in [1.54, 1.807) is 13.0 Å². The van der Waals surface area contributed by atoms with Crippen molar-refractivity contribution in [2.24, 2.45) is 0 Å². The van der Waals surface area contributed by atoms with E-state index in [2.05, 4.69) is 0 Å². The molecule has 0 aliphatic carbocycles. The Morgan fingerprint density at radius 3 is 2.18 bits per heavy atom. The van der Waals surface area contributed by atoms with Crippen molar-refractivity contribution in [2.75, 3.05) is 0 Å². The van der Waals surface area contributed by atoms with Gasteiger partial charge in [0.2, 0.25) is 0 Å². The molecule has 0 saturated carbocycles. The third-order valence-corrected chi connectivity index (χ3v) is 2.44. The lowest BCUT2D eigenvalue weighted by Crippen LogP contribution is -2.12. The standard InChI is InChI=1S/C12H13FO4/c1-7-2-3-9(10(13)4-7)8(5-11(14)15)6-12(16)17/h2-4,8H,5-6H2,1H3,(H,14,15)(H,16,17). The summed E-state index contributed by atoms with van der Waals surface area (Å²) in [6.07, 6.45) is -0.793. The fourth-order valence-corrected chi connectivity index (χ4v) is 1.68. The molecule has 1 aromatic rings. The number of rotatable bonds is 5. The Hall–Kier alpha value is -1.91. The molecule has 0 aromatic heterocycles. The molecule has 4 nitrogen and oxygen atoms in total. The minimum Gasteiger partial charge on any atom is -0.481 e. The lowest BCUT2D eigenvalue weighted by atomic mass is 9.91. The maximum atomic E-state index is 13.6. The van der Waals surface area contributed by atoms with Crippen molar-refractivity contribution >= 4 is 11.9 Å². The van der Waals surface area contributed by atoms with Crippen LogP contribution in [0.4, 0.5) is 4.39 Å². The normalized spacial score (nSPS) is 10.5. The summed E-state index contributed by atoms with van der Waals surface area (Å²) >= 11 is 0. The van der Waals surface area contributed by atoms with Crippen LogP contribution in [0.3, 0.4) is 0 Å². The van der Waals surface area contributed by atoms with Crippen molar-refractivity contribution in [2.45, 2.75) is 25.7 Å². The van der Waals surface area contributed by atoms with Crippen molar-refractivity contribution in [3.8, 4) is 0 Å². The van der Waals surface area contributed by atoms with E-state index in [1.807, 2.05) is 0 Å². The van der Waals surface area contributed by atoms with Gasteiger partial charge in [-0.2, -0.15) is 0 Å². The third-order valence-electron chi connectivity index (χ3n) is 2.44. The third kappa shape index (κ3) is 3.86. The van der Waals surface area contributed by atoms with Gasteiger partial charge in [0.15, 0.2) is 0 Å². The summed E-state index contributed by atoms with van der Waals surface area (Å²) in [6, 6.07) is 4.35. The molecule has 0 bridgehead atoms. The van der Waals surface area contributed by atoms with Crippen LogP contribution in [0.15, 0.2) is 18.2 Å². The quantitative estimate of drug-likeness (QED) is 0.827. The second kappa shape index (κ2) is 5.43. The van der Waals surface area contributed by atoms with Crippen LogP contribution < -0.4 is 0 Å². The van der Waals surface area contributed by atoms with Crippen molar-refractivity contribution in [3.05, 3.63) is 35.1 Å². The molecule has 0 aliphatic rings. The van der Waals surface area contributed by atoms with E-state index in [1.165, 1.54) is 12.1 Å². The van der Waals surface area contributed by atoms with Gasteiger partial charge < -0.3 is 10.2 Å². The van der Waals surface area contributed by atoms with E-state index in [0.717, 1.165) is 0 Å². The first kappa shape index (κ1) is 13.2. The van der Waals surface area contributed by atoms with Crippen molar-refractivity contribution in [3.63, 3.8) is 0 Å². The maximum Gasteiger partial charge on any atom is 0.303 e. The van der Waals surface area contributed by atoms with E-state index in [9.17, 15) is 14.0 Å². The highest BCUT2D eigenvalue weighted by atomic mass is 19.1. The highest BCUT2D eigenvalue weighted by Crippen LogP contribution is 2.26. The smallest absolute Gasteiger partial charge is 0.303 e. The lowest BCUT2D eigenvalue weighted by molar-refractivity contribution is -0.139. The Morgan fingerprint density at radius 2 is 1.76 bits per heavy atom. The first-order valence-corrected chi connectivity index (χ1v) is 5.09. The van der Waals surface area contributed by atoms with E-state index in [-0.39, 0.29) is 5.56 Å². The minimum atomic E-state index is -1.14. The van der Waals surface area contributed by atoms with Gasteiger partial charge in [-0.25, -0.2) is 4.39 Å². The Labute approximate surface area is 97.7 Å². The number of aliphatic carboxylic acids is 2. The summed E-state index contributed by atoms with van der Waals surface area (Å²) < 4.78 is 13.6. The van der Waals surface area contributed by atoms with Gasteiger partial charge in [-0.1, -0.05) is 12.1 Å². The van der Waals surface area contributed by atoms with Gasteiger partial charge in [0.05, 0.1) is 12.8 Å². The van der Waals surface area contributed by atoms with Crippen LogP contribution in [0.2, 0.25) is 0 Å². The van der Waals surface area contributed by atoms with E-state index in [4.69, 9.17) is 10.2 Å². The zero-order valence-corrected chi connectivity index (χ0v) is 9.31. The van der Waals surface area contributed by atoms with Crippen LogP contribution >= 0.6 is 0 Å². The zero-order valence-electron chi connectivity index (χ0n) is 9.31. The summed E-state index contributed by atoms with van der Waals surface area (Å²) in [5.74, 6) is -3.68. The summed E-state index contributed by atoms with van der Waals surface area (Å²) in [4.78, 5) is 21.3. The molecule has 1 rings (SSSR count). The van der Waals surface area contributed by atoms with Gasteiger partial charge in [-0.05, 0) is 24.1 Å². The molecular formula is C12H13FO4. The molecule has 0 saturated heterocycles.